The third-order valence-corrected chi connectivity index (χ3v) is 3.88. The largest absolute Gasteiger partial charge is 0.492 e. The molecule has 5 nitrogen and oxygen atoms in total. The Hall–Kier alpha value is -2.17. The number of benzene rings is 1. The van der Waals surface area contributed by atoms with E-state index in [4.69, 9.17) is 4.74 Å². The van der Waals surface area contributed by atoms with Crippen LogP contribution in [0.4, 0.5) is 0 Å². The topological polar surface area (TPSA) is 57.0 Å². The molecule has 0 amide bonds. The van der Waals surface area contributed by atoms with Crippen molar-refractivity contribution in [2.45, 2.75) is 46.1 Å². The first-order valence-corrected chi connectivity index (χ1v) is 7.77. The van der Waals surface area contributed by atoms with Crippen LogP contribution >= 0.6 is 0 Å². The second kappa shape index (κ2) is 7.73. The number of aldehydes is 1. The lowest BCUT2D eigenvalue weighted by Gasteiger charge is -2.15. The average Bonchev–Trinajstić information content (AvgIpc) is 2.94. The molecule has 0 fully saturated rings. The van der Waals surface area contributed by atoms with Crippen molar-refractivity contribution in [1.29, 1.82) is 0 Å². The van der Waals surface area contributed by atoms with Crippen LogP contribution < -0.4 is 4.74 Å². The molecule has 1 heterocycles. The molecule has 2 rings (SSSR count). The minimum Gasteiger partial charge on any atom is -0.492 e. The van der Waals surface area contributed by atoms with Crippen LogP contribution in [-0.2, 0) is 6.54 Å². The van der Waals surface area contributed by atoms with E-state index in [9.17, 15) is 4.79 Å². The van der Waals surface area contributed by atoms with E-state index in [0.29, 0.717) is 24.8 Å². The van der Waals surface area contributed by atoms with Gasteiger partial charge >= 0.3 is 0 Å². The van der Waals surface area contributed by atoms with E-state index in [0.717, 1.165) is 30.6 Å². The van der Waals surface area contributed by atoms with Crippen molar-refractivity contribution in [1.82, 2.24) is 15.0 Å². The van der Waals surface area contributed by atoms with Crippen LogP contribution in [0.5, 0.6) is 5.75 Å². The molecule has 0 atom stereocenters. The van der Waals surface area contributed by atoms with E-state index in [1.165, 1.54) is 5.56 Å². The summed E-state index contributed by atoms with van der Waals surface area (Å²) in [4.78, 5) is 11.2. The Morgan fingerprint density at radius 2 is 1.91 bits per heavy atom. The molecule has 2 aromatic rings. The Morgan fingerprint density at radius 1 is 1.23 bits per heavy atom. The zero-order valence-corrected chi connectivity index (χ0v) is 13.5. The molecule has 0 unspecified atom stereocenters. The Bertz CT molecular complexity index is 601. The summed E-state index contributed by atoms with van der Waals surface area (Å²) in [5, 5.41) is 8.08. The average molecular weight is 301 g/mol. The maximum absolute atomic E-state index is 11.2. The van der Waals surface area contributed by atoms with Gasteiger partial charge in [-0.2, -0.15) is 0 Å². The highest BCUT2D eigenvalue weighted by Gasteiger charge is 2.19. The van der Waals surface area contributed by atoms with Gasteiger partial charge in [-0.3, -0.25) is 4.79 Å². The fraction of sp³-hybridized carbons (Fsp3) is 0.471. The van der Waals surface area contributed by atoms with E-state index < -0.39 is 0 Å². The van der Waals surface area contributed by atoms with Gasteiger partial charge in [-0.25, -0.2) is 4.68 Å². The van der Waals surface area contributed by atoms with E-state index in [1.54, 1.807) is 4.68 Å². The van der Waals surface area contributed by atoms with Crippen LogP contribution in [-0.4, -0.2) is 27.9 Å². The number of hydrogen-bond acceptors (Lipinski definition) is 4. The Labute approximate surface area is 131 Å². The van der Waals surface area contributed by atoms with Gasteiger partial charge in [-0.05, 0) is 31.9 Å². The Morgan fingerprint density at radius 3 is 2.50 bits per heavy atom. The SMILES string of the molecule is CCC(CC)c1c(C=O)nnn1CCOc1ccc(C)cc1. The van der Waals surface area contributed by atoms with Crippen LogP contribution in [0.25, 0.3) is 0 Å². The number of hydrogen-bond donors (Lipinski definition) is 0. The molecule has 0 saturated carbocycles. The molecular formula is C17H23N3O2. The van der Waals surface area contributed by atoms with Gasteiger partial charge in [-0.1, -0.05) is 36.8 Å². The summed E-state index contributed by atoms with van der Waals surface area (Å²) in [5.74, 6) is 1.14. The quantitative estimate of drug-likeness (QED) is 0.701. The van der Waals surface area contributed by atoms with Crippen LogP contribution in [0.3, 0.4) is 0 Å². The number of carbonyl (C=O) groups excluding carboxylic acids is 1. The Kier molecular flexibility index (Phi) is 5.69. The summed E-state index contributed by atoms with van der Waals surface area (Å²) in [6, 6.07) is 7.94. The van der Waals surface area contributed by atoms with Crippen LogP contribution in [0.15, 0.2) is 24.3 Å². The van der Waals surface area contributed by atoms with Crippen LogP contribution in [0, 0.1) is 6.92 Å². The molecule has 0 radical (unpaired) electrons. The maximum atomic E-state index is 11.2. The lowest BCUT2D eigenvalue weighted by Crippen LogP contribution is -2.15. The van der Waals surface area contributed by atoms with Gasteiger partial charge in [-0.15, -0.1) is 5.10 Å². The molecule has 0 bridgehead atoms. The lowest BCUT2D eigenvalue weighted by molar-refractivity contribution is 0.111. The molecule has 0 aliphatic carbocycles. The highest BCUT2D eigenvalue weighted by molar-refractivity contribution is 5.73. The summed E-state index contributed by atoms with van der Waals surface area (Å²) >= 11 is 0. The molecule has 118 valence electrons. The molecule has 0 aliphatic rings. The fourth-order valence-corrected chi connectivity index (χ4v) is 2.56. The zero-order chi connectivity index (χ0) is 15.9. The zero-order valence-electron chi connectivity index (χ0n) is 13.5. The van der Waals surface area contributed by atoms with Crippen molar-refractivity contribution in [2.24, 2.45) is 0 Å². The molecule has 5 heteroatoms. The van der Waals surface area contributed by atoms with Gasteiger partial charge < -0.3 is 4.74 Å². The summed E-state index contributed by atoms with van der Waals surface area (Å²) < 4.78 is 7.53. The molecular weight excluding hydrogens is 278 g/mol. The van der Waals surface area contributed by atoms with Crippen molar-refractivity contribution in [3.05, 3.63) is 41.2 Å². The second-order valence-corrected chi connectivity index (χ2v) is 5.38. The van der Waals surface area contributed by atoms with E-state index in [2.05, 4.69) is 24.2 Å². The first-order valence-electron chi connectivity index (χ1n) is 7.77. The molecule has 0 N–H and O–H groups in total. The first-order chi connectivity index (χ1) is 10.7. The van der Waals surface area contributed by atoms with Crippen LogP contribution in [0.2, 0.25) is 0 Å². The van der Waals surface area contributed by atoms with Gasteiger partial charge in [0.2, 0.25) is 0 Å². The predicted molar refractivity (Wildman–Crippen MR) is 85.4 cm³/mol. The van der Waals surface area contributed by atoms with E-state index in [1.807, 2.05) is 31.2 Å². The number of rotatable bonds is 8. The number of ether oxygens (including phenoxy) is 1. The van der Waals surface area contributed by atoms with Gasteiger partial charge in [0.05, 0.1) is 12.2 Å². The predicted octanol–water partition coefficient (Wildman–Crippen LogP) is 3.38. The summed E-state index contributed by atoms with van der Waals surface area (Å²) in [7, 11) is 0. The summed E-state index contributed by atoms with van der Waals surface area (Å²) in [6.45, 7) is 7.35. The number of carbonyl (C=O) groups is 1. The summed E-state index contributed by atoms with van der Waals surface area (Å²) in [6.07, 6.45) is 2.71. The minimum atomic E-state index is 0.301. The number of aryl methyl sites for hydroxylation is 1. The fourth-order valence-electron chi connectivity index (χ4n) is 2.56. The van der Waals surface area contributed by atoms with E-state index in [-0.39, 0.29) is 0 Å². The van der Waals surface area contributed by atoms with Crippen molar-refractivity contribution < 1.29 is 9.53 Å². The molecule has 1 aromatic carbocycles. The highest BCUT2D eigenvalue weighted by atomic mass is 16.5. The van der Waals surface area contributed by atoms with E-state index >= 15 is 0 Å². The van der Waals surface area contributed by atoms with Crippen molar-refractivity contribution in [3.63, 3.8) is 0 Å². The van der Waals surface area contributed by atoms with Crippen molar-refractivity contribution in [2.75, 3.05) is 6.61 Å². The highest BCUT2D eigenvalue weighted by Crippen LogP contribution is 2.24. The van der Waals surface area contributed by atoms with Crippen molar-refractivity contribution in [3.8, 4) is 5.75 Å². The maximum Gasteiger partial charge on any atom is 0.172 e. The third-order valence-electron chi connectivity index (χ3n) is 3.88. The van der Waals surface area contributed by atoms with Gasteiger partial charge in [0.1, 0.15) is 18.1 Å². The summed E-state index contributed by atoms with van der Waals surface area (Å²) in [5.41, 5.74) is 2.58. The molecule has 0 aliphatic heterocycles. The molecule has 22 heavy (non-hydrogen) atoms. The molecule has 0 spiro atoms. The number of nitrogens with zero attached hydrogens (tertiary/aromatic N) is 3. The number of aromatic nitrogens is 3. The third kappa shape index (κ3) is 3.72. The van der Waals surface area contributed by atoms with Crippen LogP contribution in [0.1, 0.15) is 54.4 Å². The minimum absolute atomic E-state index is 0.301. The van der Waals surface area contributed by atoms with Crippen molar-refractivity contribution >= 4 is 6.29 Å². The standard InChI is InChI=1S/C17H23N3O2/c1-4-14(5-2)17-16(12-21)18-19-20(17)10-11-22-15-8-6-13(3)7-9-15/h6-9,12,14H,4-5,10-11H2,1-3H3. The smallest absolute Gasteiger partial charge is 0.172 e. The lowest BCUT2D eigenvalue weighted by atomic mass is 9.98. The first kappa shape index (κ1) is 16.2. The van der Waals surface area contributed by atoms with Gasteiger partial charge in [0, 0.05) is 5.92 Å². The normalized spacial score (nSPS) is 10.9. The monoisotopic (exact) mass is 301 g/mol. The molecule has 1 aromatic heterocycles. The Balaban J connectivity index is 2.04. The second-order valence-electron chi connectivity index (χ2n) is 5.38. The van der Waals surface area contributed by atoms with Gasteiger partial charge in [0.15, 0.2) is 6.29 Å². The molecule has 0 saturated heterocycles. The van der Waals surface area contributed by atoms with Gasteiger partial charge in [0.25, 0.3) is 0 Å².